The van der Waals surface area contributed by atoms with Gasteiger partial charge in [0.1, 0.15) is 5.75 Å². The lowest BCUT2D eigenvalue weighted by Crippen LogP contribution is -2.47. The normalized spacial score (nSPS) is 19.3. The van der Waals surface area contributed by atoms with Crippen molar-refractivity contribution in [3.8, 4) is 5.75 Å². The standard InChI is InChI=1S/C15H23NO3/c1-19-13-6-4-5-12(9-13)14(18)10-16-15(11-17)7-2-3-8-15/h4-6,9,14,16-18H,2-3,7-8,10-11H2,1H3. The summed E-state index contributed by atoms with van der Waals surface area (Å²) < 4.78 is 5.15. The van der Waals surface area contributed by atoms with Crippen LogP contribution in [-0.2, 0) is 0 Å². The van der Waals surface area contributed by atoms with E-state index >= 15 is 0 Å². The molecular weight excluding hydrogens is 242 g/mol. The second-order valence-corrected chi connectivity index (χ2v) is 5.32. The molecule has 1 aliphatic rings. The summed E-state index contributed by atoms with van der Waals surface area (Å²) in [6.07, 6.45) is 3.66. The summed E-state index contributed by atoms with van der Waals surface area (Å²) in [5.41, 5.74) is 0.637. The Labute approximate surface area is 114 Å². The third kappa shape index (κ3) is 3.47. The summed E-state index contributed by atoms with van der Waals surface area (Å²) >= 11 is 0. The molecule has 0 saturated heterocycles. The third-order valence-corrected chi connectivity index (χ3v) is 4.01. The molecule has 0 radical (unpaired) electrons. The largest absolute Gasteiger partial charge is 0.497 e. The Balaban J connectivity index is 1.94. The number of β-amino-alcohol motifs (C(OH)–C–C–N with tert-alkyl or cyclic N) is 1. The second-order valence-electron chi connectivity index (χ2n) is 5.32. The van der Waals surface area contributed by atoms with Crippen LogP contribution in [-0.4, -0.2) is 36.0 Å². The van der Waals surface area contributed by atoms with E-state index in [1.807, 2.05) is 24.3 Å². The molecule has 1 unspecified atom stereocenters. The predicted molar refractivity (Wildman–Crippen MR) is 74.2 cm³/mol. The molecule has 4 heteroatoms. The molecule has 19 heavy (non-hydrogen) atoms. The number of benzene rings is 1. The van der Waals surface area contributed by atoms with Gasteiger partial charge in [0.15, 0.2) is 0 Å². The van der Waals surface area contributed by atoms with Crippen molar-refractivity contribution in [1.29, 1.82) is 0 Å². The zero-order valence-electron chi connectivity index (χ0n) is 11.4. The molecule has 2 rings (SSSR count). The number of aliphatic hydroxyl groups is 2. The van der Waals surface area contributed by atoms with E-state index < -0.39 is 6.10 Å². The highest BCUT2D eigenvalue weighted by atomic mass is 16.5. The maximum Gasteiger partial charge on any atom is 0.119 e. The van der Waals surface area contributed by atoms with Gasteiger partial charge >= 0.3 is 0 Å². The van der Waals surface area contributed by atoms with E-state index in [1.165, 1.54) is 0 Å². The summed E-state index contributed by atoms with van der Waals surface area (Å²) in [5.74, 6) is 0.745. The number of rotatable bonds is 6. The lowest BCUT2D eigenvalue weighted by Gasteiger charge is -2.29. The summed E-state index contributed by atoms with van der Waals surface area (Å²) in [6.45, 7) is 0.589. The van der Waals surface area contributed by atoms with Crippen molar-refractivity contribution in [3.63, 3.8) is 0 Å². The number of nitrogens with one attached hydrogen (secondary N) is 1. The number of hydrogen-bond donors (Lipinski definition) is 3. The van der Waals surface area contributed by atoms with E-state index in [2.05, 4.69) is 5.32 Å². The zero-order valence-corrected chi connectivity index (χ0v) is 11.4. The monoisotopic (exact) mass is 265 g/mol. The summed E-state index contributed by atoms with van der Waals surface area (Å²) in [5, 5.41) is 23.1. The highest BCUT2D eigenvalue weighted by molar-refractivity contribution is 5.29. The molecule has 1 aliphatic carbocycles. The maximum absolute atomic E-state index is 10.2. The Morgan fingerprint density at radius 1 is 1.37 bits per heavy atom. The number of methoxy groups -OCH3 is 1. The molecule has 4 nitrogen and oxygen atoms in total. The van der Waals surface area contributed by atoms with E-state index in [9.17, 15) is 10.2 Å². The minimum Gasteiger partial charge on any atom is -0.497 e. The fraction of sp³-hybridized carbons (Fsp3) is 0.600. The van der Waals surface area contributed by atoms with Crippen LogP contribution >= 0.6 is 0 Å². The average molecular weight is 265 g/mol. The molecule has 1 aromatic carbocycles. The van der Waals surface area contributed by atoms with Gasteiger partial charge in [-0.05, 0) is 30.5 Å². The van der Waals surface area contributed by atoms with E-state index in [0.717, 1.165) is 37.0 Å². The minimum absolute atomic E-state index is 0.137. The van der Waals surface area contributed by atoms with Crippen LogP contribution in [0, 0.1) is 0 Å². The fourth-order valence-corrected chi connectivity index (χ4v) is 2.72. The van der Waals surface area contributed by atoms with Crippen LogP contribution in [0.1, 0.15) is 37.4 Å². The molecule has 1 atom stereocenters. The number of hydrogen-bond acceptors (Lipinski definition) is 4. The average Bonchev–Trinajstić information content (AvgIpc) is 2.94. The number of ether oxygens (including phenoxy) is 1. The van der Waals surface area contributed by atoms with Gasteiger partial charge in [-0.2, -0.15) is 0 Å². The van der Waals surface area contributed by atoms with Crippen molar-refractivity contribution in [2.24, 2.45) is 0 Å². The minimum atomic E-state index is -0.584. The SMILES string of the molecule is COc1cccc(C(O)CNC2(CO)CCCC2)c1. The van der Waals surface area contributed by atoms with Crippen molar-refractivity contribution in [1.82, 2.24) is 5.32 Å². The van der Waals surface area contributed by atoms with Crippen molar-refractivity contribution in [3.05, 3.63) is 29.8 Å². The molecule has 0 aliphatic heterocycles. The first-order valence-corrected chi connectivity index (χ1v) is 6.87. The van der Waals surface area contributed by atoms with Crippen molar-refractivity contribution in [2.45, 2.75) is 37.3 Å². The molecule has 0 aromatic heterocycles. The molecular formula is C15H23NO3. The van der Waals surface area contributed by atoms with Crippen LogP contribution in [0.4, 0.5) is 0 Å². The first kappa shape index (κ1) is 14.3. The van der Waals surface area contributed by atoms with Crippen LogP contribution in [0.25, 0.3) is 0 Å². The van der Waals surface area contributed by atoms with Crippen LogP contribution in [0.5, 0.6) is 5.75 Å². The Kier molecular flexibility index (Phi) is 4.80. The third-order valence-electron chi connectivity index (χ3n) is 4.01. The smallest absolute Gasteiger partial charge is 0.119 e. The topological polar surface area (TPSA) is 61.7 Å². The van der Waals surface area contributed by atoms with Gasteiger partial charge in [-0.1, -0.05) is 25.0 Å². The molecule has 0 amide bonds. The van der Waals surface area contributed by atoms with Gasteiger partial charge in [0.2, 0.25) is 0 Å². The van der Waals surface area contributed by atoms with Gasteiger partial charge in [-0.25, -0.2) is 0 Å². The Bertz CT molecular complexity index is 402. The van der Waals surface area contributed by atoms with Gasteiger partial charge in [0, 0.05) is 12.1 Å². The van der Waals surface area contributed by atoms with E-state index in [1.54, 1.807) is 7.11 Å². The Hall–Kier alpha value is -1.10. The highest BCUT2D eigenvalue weighted by Crippen LogP contribution is 2.29. The fourth-order valence-electron chi connectivity index (χ4n) is 2.72. The molecule has 106 valence electrons. The van der Waals surface area contributed by atoms with Crippen LogP contribution in [0.3, 0.4) is 0 Å². The first-order chi connectivity index (χ1) is 9.19. The van der Waals surface area contributed by atoms with E-state index in [0.29, 0.717) is 6.54 Å². The van der Waals surface area contributed by atoms with Crippen molar-refractivity contribution < 1.29 is 14.9 Å². The van der Waals surface area contributed by atoms with Crippen molar-refractivity contribution >= 4 is 0 Å². The molecule has 1 saturated carbocycles. The molecule has 0 heterocycles. The van der Waals surface area contributed by atoms with Gasteiger partial charge < -0.3 is 20.3 Å². The lowest BCUT2D eigenvalue weighted by molar-refractivity contribution is 0.122. The Morgan fingerprint density at radius 2 is 2.11 bits per heavy atom. The van der Waals surface area contributed by atoms with Crippen LogP contribution in [0.15, 0.2) is 24.3 Å². The van der Waals surface area contributed by atoms with Crippen LogP contribution in [0.2, 0.25) is 0 Å². The first-order valence-electron chi connectivity index (χ1n) is 6.87. The van der Waals surface area contributed by atoms with Gasteiger partial charge in [-0.15, -0.1) is 0 Å². The second kappa shape index (κ2) is 6.37. The Morgan fingerprint density at radius 3 is 2.74 bits per heavy atom. The number of aliphatic hydroxyl groups excluding tert-OH is 2. The summed E-state index contributed by atoms with van der Waals surface area (Å²) in [7, 11) is 1.61. The summed E-state index contributed by atoms with van der Waals surface area (Å²) in [4.78, 5) is 0. The highest BCUT2D eigenvalue weighted by Gasteiger charge is 2.33. The van der Waals surface area contributed by atoms with E-state index in [4.69, 9.17) is 4.74 Å². The van der Waals surface area contributed by atoms with E-state index in [-0.39, 0.29) is 12.1 Å². The van der Waals surface area contributed by atoms with Crippen LogP contribution < -0.4 is 10.1 Å². The predicted octanol–water partition coefficient (Wildman–Crippen LogP) is 1.62. The molecule has 0 bridgehead atoms. The van der Waals surface area contributed by atoms with Gasteiger partial charge in [0.25, 0.3) is 0 Å². The quantitative estimate of drug-likeness (QED) is 0.731. The molecule has 1 aromatic rings. The molecule has 0 spiro atoms. The maximum atomic E-state index is 10.2. The molecule has 1 fully saturated rings. The van der Waals surface area contributed by atoms with Gasteiger partial charge in [-0.3, -0.25) is 0 Å². The summed E-state index contributed by atoms with van der Waals surface area (Å²) in [6, 6.07) is 7.45. The van der Waals surface area contributed by atoms with Crippen molar-refractivity contribution in [2.75, 3.05) is 20.3 Å². The lowest BCUT2D eigenvalue weighted by atomic mass is 9.98. The molecule has 3 N–H and O–H groups in total. The zero-order chi connectivity index (χ0) is 13.7. The van der Waals surface area contributed by atoms with Gasteiger partial charge in [0.05, 0.1) is 19.8 Å².